The molecule has 31 heavy (non-hydrogen) atoms. The molecular formula is C29H36O2. The summed E-state index contributed by atoms with van der Waals surface area (Å²) in [6, 6.07) is 15.3. The van der Waals surface area contributed by atoms with Crippen LogP contribution in [0.3, 0.4) is 0 Å². The lowest BCUT2D eigenvalue weighted by Crippen LogP contribution is -2.43. The fourth-order valence-electron chi connectivity index (χ4n) is 7.46. The van der Waals surface area contributed by atoms with Gasteiger partial charge in [0.25, 0.3) is 0 Å². The van der Waals surface area contributed by atoms with Crippen molar-refractivity contribution in [3.63, 3.8) is 0 Å². The Morgan fingerprint density at radius 1 is 1.10 bits per heavy atom. The van der Waals surface area contributed by atoms with E-state index < -0.39 is 0 Å². The van der Waals surface area contributed by atoms with Crippen LogP contribution in [0.5, 0.6) is 5.75 Å². The average molecular weight is 417 g/mol. The summed E-state index contributed by atoms with van der Waals surface area (Å²) in [4.78, 5) is 12.3. The van der Waals surface area contributed by atoms with E-state index in [0.717, 1.165) is 30.9 Å². The van der Waals surface area contributed by atoms with Crippen molar-refractivity contribution in [2.75, 3.05) is 0 Å². The van der Waals surface area contributed by atoms with E-state index in [2.05, 4.69) is 56.3 Å². The van der Waals surface area contributed by atoms with Gasteiger partial charge in [0.1, 0.15) is 18.1 Å². The van der Waals surface area contributed by atoms with Crippen LogP contribution in [-0.2, 0) is 24.2 Å². The molecule has 2 saturated carbocycles. The Hall–Kier alpha value is -2.09. The van der Waals surface area contributed by atoms with Crippen molar-refractivity contribution in [3.05, 3.63) is 64.7 Å². The van der Waals surface area contributed by atoms with Crippen LogP contribution in [0.25, 0.3) is 0 Å². The number of hydrogen-bond donors (Lipinski definition) is 0. The SMILES string of the molecule is CCc1cc2c(cc1OCc1ccccc1)CCC1C2CCC2(C)C(C(C)=O)CCC12. The molecule has 0 heterocycles. The zero-order valence-corrected chi connectivity index (χ0v) is 19.3. The molecule has 5 atom stereocenters. The summed E-state index contributed by atoms with van der Waals surface area (Å²) in [6.07, 6.45) is 8.22. The Morgan fingerprint density at radius 3 is 2.65 bits per heavy atom. The summed E-state index contributed by atoms with van der Waals surface area (Å²) in [7, 11) is 0. The molecule has 2 nitrogen and oxygen atoms in total. The van der Waals surface area contributed by atoms with Gasteiger partial charge in [0, 0.05) is 5.92 Å². The zero-order valence-electron chi connectivity index (χ0n) is 19.3. The second-order valence-electron chi connectivity index (χ2n) is 10.5. The molecule has 0 radical (unpaired) electrons. The lowest BCUT2D eigenvalue weighted by Gasteiger charge is -2.50. The van der Waals surface area contributed by atoms with Gasteiger partial charge in [-0.2, -0.15) is 0 Å². The second-order valence-corrected chi connectivity index (χ2v) is 10.5. The molecule has 0 spiro atoms. The molecule has 5 rings (SSSR count). The molecule has 5 unspecified atom stereocenters. The number of carbonyl (C=O) groups is 1. The fourth-order valence-corrected chi connectivity index (χ4v) is 7.46. The van der Waals surface area contributed by atoms with Gasteiger partial charge in [-0.1, -0.05) is 50.2 Å². The number of aryl methyl sites for hydroxylation is 2. The molecule has 2 aromatic carbocycles. The third-order valence-electron chi connectivity index (χ3n) is 9.01. The molecule has 3 aliphatic carbocycles. The molecule has 2 aromatic rings. The van der Waals surface area contributed by atoms with Gasteiger partial charge in [-0.15, -0.1) is 0 Å². The molecule has 0 amide bonds. The van der Waals surface area contributed by atoms with Crippen molar-refractivity contribution in [2.24, 2.45) is 23.2 Å². The van der Waals surface area contributed by atoms with Crippen LogP contribution in [0.4, 0.5) is 0 Å². The van der Waals surface area contributed by atoms with Crippen LogP contribution in [-0.4, -0.2) is 5.78 Å². The van der Waals surface area contributed by atoms with Crippen LogP contribution in [0.15, 0.2) is 42.5 Å². The van der Waals surface area contributed by atoms with Gasteiger partial charge in [-0.05, 0) is 103 Å². The molecule has 0 saturated heterocycles. The number of hydrogen-bond acceptors (Lipinski definition) is 2. The molecule has 3 aliphatic rings. The average Bonchev–Trinajstić information content (AvgIpc) is 3.15. The van der Waals surface area contributed by atoms with E-state index >= 15 is 0 Å². The number of ether oxygens (including phenoxy) is 1. The van der Waals surface area contributed by atoms with E-state index in [1.165, 1.54) is 42.4 Å². The molecule has 2 heteroatoms. The minimum absolute atomic E-state index is 0.233. The lowest BCUT2D eigenvalue weighted by atomic mass is 9.54. The van der Waals surface area contributed by atoms with Gasteiger partial charge >= 0.3 is 0 Å². The van der Waals surface area contributed by atoms with Crippen molar-refractivity contribution >= 4 is 5.78 Å². The summed E-state index contributed by atoms with van der Waals surface area (Å²) < 4.78 is 6.30. The summed E-state index contributed by atoms with van der Waals surface area (Å²) in [5.74, 6) is 3.92. The topological polar surface area (TPSA) is 26.3 Å². The fraction of sp³-hybridized carbons (Fsp3) is 0.552. The first-order chi connectivity index (χ1) is 15.0. The number of rotatable bonds is 5. The number of benzene rings is 2. The predicted molar refractivity (Wildman–Crippen MR) is 125 cm³/mol. The van der Waals surface area contributed by atoms with E-state index in [9.17, 15) is 4.79 Å². The van der Waals surface area contributed by atoms with E-state index in [4.69, 9.17) is 4.74 Å². The standard InChI is InChI=1S/C29H36O2/c1-4-21-16-25-22(17-28(21)31-18-20-8-6-5-7-9-20)10-11-24-23(25)14-15-29(3)26(19(2)30)12-13-27(24)29/h5-9,16-17,23-24,26-27H,4,10-15,18H2,1-3H3. The van der Waals surface area contributed by atoms with Crippen molar-refractivity contribution in [1.29, 1.82) is 0 Å². The molecule has 164 valence electrons. The first-order valence-electron chi connectivity index (χ1n) is 12.3. The Bertz CT molecular complexity index is 962. The van der Waals surface area contributed by atoms with Gasteiger partial charge < -0.3 is 4.74 Å². The van der Waals surface area contributed by atoms with Crippen LogP contribution < -0.4 is 4.74 Å². The van der Waals surface area contributed by atoms with E-state index in [1.54, 1.807) is 5.56 Å². The highest BCUT2D eigenvalue weighted by molar-refractivity contribution is 5.79. The van der Waals surface area contributed by atoms with Crippen LogP contribution in [0.2, 0.25) is 0 Å². The van der Waals surface area contributed by atoms with E-state index in [0.29, 0.717) is 30.1 Å². The Balaban J connectivity index is 1.41. The van der Waals surface area contributed by atoms with Gasteiger partial charge in [0.15, 0.2) is 0 Å². The first-order valence-corrected chi connectivity index (χ1v) is 12.3. The van der Waals surface area contributed by atoms with Crippen molar-refractivity contribution in [1.82, 2.24) is 0 Å². The van der Waals surface area contributed by atoms with Crippen LogP contribution >= 0.6 is 0 Å². The van der Waals surface area contributed by atoms with Gasteiger partial charge in [-0.3, -0.25) is 4.79 Å². The monoisotopic (exact) mass is 416 g/mol. The third-order valence-corrected chi connectivity index (χ3v) is 9.01. The number of Topliss-reactive ketones (excluding diaryl/α,β-unsaturated/α-hetero) is 1. The van der Waals surface area contributed by atoms with Crippen molar-refractivity contribution < 1.29 is 9.53 Å². The Kier molecular flexibility index (Phi) is 5.44. The molecule has 2 fully saturated rings. The highest BCUT2D eigenvalue weighted by Crippen LogP contribution is 2.63. The zero-order chi connectivity index (χ0) is 21.6. The Labute approximate surface area is 187 Å². The van der Waals surface area contributed by atoms with Crippen molar-refractivity contribution in [2.45, 2.75) is 78.2 Å². The summed E-state index contributed by atoms with van der Waals surface area (Å²) in [5.41, 5.74) is 5.89. The third kappa shape index (κ3) is 3.52. The second kappa shape index (κ2) is 8.11. The maximum absolute atomic E-state index is 12.3. The molecular weight excluding hydrogens is 380 g/mol. The molecule has 0 bridgehead atoms. The number of fused-ring (bicyclic) bond motifs is 5. The summed E-state index contributed by atoms with van der Waals surface area (Å²) >= 11 is 0. The normalized spacial score (nSPS) is 31.5. The lowest BCUT2D eigenvalue weighted by molar-refractivity contribution is -0.125. The highest BCUT2D eigenvalue weighted by atomic mass is 16.5. The molecule has 0 N–H and O–H groups in total. The first kappa shape index (κ1) is 20.8. The minimum Gasteiger partial charge on any atom is -0.489 e. The van der Waals surface area contributed by atoms with E-state index in [1.807, 2.05) is 6.92 Å². The summed E-state index contributed by atoms with van der Waals surface area (Å²) in [5, 5.41) is 0. The van der Waals surface area contributed by atoms with Crippen LogP contribution in [0, 0.1) is 23.2 Å². The number of ketones is 1. The van der Waals surface area contributed by atoms with Gasteiger partial charge in [0.05, 0.1) is 0 Å². The van der Waals surface area contributed by atoms with Crippen molar-refractivity contribution in [3.8, 4) is 5.75 Å². The minimum atomic E-state index is 0.233. The number of carbonyl (C=O) groups excluding carboxylic acids is 1. The smallest absolute Gasteiger partial charge is 0.133 e. The van der Waals surface area contributed by atoms with E-state index in [-0.39, 0.29) is 5.41 Å². The maximum atomic E-state index is 12.3. The quantitative estimate of drug-likeness (QED) is 0.530. The molecule has 0 aromatic heterocycles. The molecule has 0 aliphatic heterocycles. The largest absolute Gasteiger partial charge is 0.489 e. The Morgan fingerprint density at radius 2 is 1.90 bits per heavy atom. The van der Waals surface area contributed by atoms with Gasteiger partial charge in [-0.25, -0.2) is 0 Å². The predicted octanol–water partition coefficient (Wildman–Crippen LogP) is 6.89. The summed E-state index contributed by atoms with van der Waals surface area (Å²) in [6.45, 7) is 7.13. The maximum Gasteiger partial charge on any atom is 0.133 e. The highest BCUT2D eigenvalue weighted by Gasteiger charge is 2.55. The van der Waals surface area contributed by atoms with Gasteiger partial charge in [0.2, 0.25) is 0 Å². The van der Waals surface area contributed by atoms with Crippen LogP contribution in [0.1, 0.15) is 81.0 Å².